The van der Waals surface area contributed by atoms with Crippen LogP contribution in [0, 0.1) is 5.92 Å². The van der Waals surface area contributed by atoms with Gasteiger partial charge in [0.25, 0.3) is 0 Å². The molecule has 0 radical (unpaired) electrons. The molecule has 1 unspecified atom stereocenters. The van der Waals surface area contributed by atoms with Crippen molar-refractivity contribution in [1.82, 2.24) is 15.5 Å². The fraction of sp³-hybridized carbons (Fsp3) is 0.529. The minimum atomic E-state index is -4.47. The molecule has 2 bridgehead atoms. The second-order valence-electron chi connectivity index (χ2n) is 7.03. The van der Waals surface area contributed by atoms with Gasteiger partial charge in [0.15, 0.2) is 0 Å². The molecule has 4 rings (SSSR count). The molecule has 0 aliphatic carbocycles. The highest BCUT2D eigenvalue weighted by molar-refractivity contribution is 5.65. The standard InChI is InChI=1S/C17H19F3N4O2/c18-17(19,20)13-4-1-10(15-23-24-16(25)26-15)7-14(13)21-8-9-5-11-2-3-12(6-9)22-11/h1,4,7,9,11-12,21-22H,2-3,5-6,8H2,(H,24,25)/t9?,11-,12+. The van der Waals surface area contributed by atoms with Gasteiger partial charge in [-0.25, -0.2) is 9.89 Å². The zero-order valence-corrected chi connectivity index (χ0v) is 13.9. The summed E-state index contributed by atoms with van der Waals surface area (Å²) in [5.74, 6) is -0.451. The SMILES string of the molecule is O=c1[nH]nc(-c2ccc(C(F)(F)F)c(NCC3C[C@H]4CC[C@@H](C3)N4)c2)o1. The highest BCUT2D eigenvalue weighted by atomic mass is 19.4. The van der Waals surface area contributed by atoms with Crippen LogP contribution < -0.4 is 16.4 Å². The highest BCUT2D eigenvalue weighted by Gasteiger charge is 2.35. The lowest BCUT2D eigenvalue weighted by Gasteiger charge is -2.29. The first kappa shape index (κ1) is 17.1. The number of hydrogen-bond acceptors (Lipinski definition) is 5. The molecule has 0 spiro atoms. The van der Waals surface area contributed by atoms with Crippen LogP contribution in [0.25, 0.3) is 11.5 Å². The van der Waals surface area contributed by atoms with Gasteiger partial charge in [-0.3, -0.25) is 0 Å². The molecular formula is C17H19F3N4O2. The van der Waals surface area contributed by atoms with Crippen LogP contribution in [0.2, 0.25) is 0 Å². The fourth-order valence-corrected chi connectivity index (χ4v) is 4.02. The van der Waals surface area contributed by atoms with Crippen LogP contribution in [0.5, 0.6) is 0 Å². The smallest absolute Gasteiger partial charge is 0.388 e. The molecule has 9 heteroatoms. The van der Waals surface area contributed by atoms with E-state index >= 15 is 0 Å². The van der Waals surface area contributed by atoms with Crippen molar-refractivity contribution in [2.45, 2.75) is 43.9 Å². The summed E-state index contributed by atoms with van der Waals surface area (Å²) in [7, 11) is 0. The Hall–Kier alpha value is -2.29. The highest BCUT2D eigenvalue weighted by Crippen LogP contribution is 2.38. The van der Waals surface area contributed by atoms with Gasteiger partial charge in [-0.2, -0.15) is 13.2 Å². The Labute approximate surface area is 147 Å². The Kier molecular flexibility index (Phi) is 4.26. The summed E-state index contributed by atoms with van der Waals surface area (Å²) in [5.41, 5.74) is -0.452. The number of rotatable bonds is 4. The lowest BCUT2D eigenvalue weighted by Crippen LogP contribution is -2.40. The maximum Gasteiger partial charge on any atom is 0.434 e. The van der Waals surface area contributed by atoms with Crippen LogP contribution in [0.1, 0.15) is 31.2 Å². The Balaban J connectivity index is 1.56. The molecule has 1 aromatic carbocycles. The molecule has 3 heterocycles. The fourth-order valence-electron chi connectivity index (χ4n) is 4.02. The number of alkyl halides is 3. The van der Waals surface area contributed by atoms with Gasteiger partial charge in [0.1, 0.15) is 0 Å². The van der Waals surface area contributed by atoms with Gasteiger partial charge in [0.2, 0.25) is 5.89 Å². The van der Waals surface area contributed by atoms with E-state index in [-0.39, 0.29) is 11.6 Å². The third kappa shape index (κ3) is 3.48. The molecular weight excluding hydrogens is 349 g/mol. The average molecular weight is 368 g/mol. The van der Waals surface area contributed by atoms with E-state index in [0.29, 0.717) is 30.1 Å². The molecule has 2 aromatic rings. The molecule has 1 aromatic heterocycles. The van der Waals surface area contributed by atoms with Gasteiger partial charge in [0.05, 0.1) is 5.56 Å². The van der Waals surface area contributed by atoms with Crippen molar-refractivity contribution in [1.29, 1.82) is 0 Å². The van der Waals surface area contributed by atoms with Crippen LogP contribution in [-0.4, -0.2) is 28.8 Å². The van der Waals surface area contributed by atoms with Crippen molar-refractivity contribution in [2.75, 3.05) is 11.9 Å². The maximum absolute atomic E-state index is 13.3. The van der Waals surface area contributed by atoms with Crippen LogP contribution in [0.4, 0.5) is 18.9 Å². The average Bonchev–Trinajstić information content (AvgIpc) is 3.17. The number of piperidine rings is 1. The normalized spacial score (nSPS) is 25.4. The minimum absolute atomic E-state index is 0.0217. The van der Waals surface area contributed by atoms with Crippen molar-refractivity contribution in [3.8, 4) is 11.5 Å². The lowest BCUT2D eigenvalue weighted by molar-refractivity contribution is -0.136. The van der Waals surface area contributed by atoms with Crippen molar-refractivity contribution in [3.63, 3.8) is 0 Å². The summed E-state index contributed by atoms with van der Waals surface area (Å²) in [4.78, 5) is 11.1. The Morgan fingerprint density at radius 3 is 2.58 bits per heavy atom. The number of aromatic amines is 1. The van der Waals surface area contributed by atoms with E-state index < -0.39 is 17.5 Å². The third-order valence-corrected chi connectivity index (χ3v) is 5.16. The maximum atomic E-state index is 13.3. The Bertz CT molecular complexity index is 833. The summed E-state index contributed by atoms with van der Waals surface area (Å²) >= 11 is 0. The predicted molar refractivity (Wildman–Crippen MR) is 88.7 cm³/mol. The van der Waals surface area contributed by atoms with Gasteiger partial charge in [-0.15, -0.1) is 5.10 Å². The molecule has 2 aliphatic heterocycles. The van der Waals surface area contributed by atoms with E-state index in [1.54, 1.807) is 0 Å². The summed E-state index contributed by atoms with van der Waals surface area (Å²) in [6, 6.07) is 4.52. The second-order valence-corrected chi connectivity index (χ2v) is 7.03. The van der Waals surface area contributed by atoms with Gasteiger partial charge < -0.3 is 15.1 Å². The first-order valence-corrected chi connectivity index (χ1v) is 8.65. The lowest BCUT2D eigenvalue weighted by atomic mass is 9.92. The Morgan fingerprint density at radius 1 is 1.23 bits per heavy atom. The molecule has 6 nitrogen and oxygen atoms in total. The van der Waals surface area contributed by atoms with Crippen LogP contribution in [0.15, 0.2) is 27.4 Å². The summed E-state index contributed by atoms with van der Waals surface area (Å²) in [6.45, 7) is 0.478. The van der Waals surface area contributed by atoms with Gasteiger partial charge in [-0.05, 0) is 49.8 Å². The predicted octanol–water partition coefficient (Wildman–Crippen LogP) is 2.99. The number of fused-ring (bicyclic) bond motifs is 2. The number of anilines is 1. The van der Waals surface area contributed by atoms with Crippen LogP contribution in [0.3, 0.4) is 0 Å². The zero-order valence-electron chi connectivity index (χ0n) is 13.9. The molecule has 140 valence electrons. The topological polar surface area (TPSA) is 83.0 Å². The number of hydrogen-bond donors (Lipinski definition) is 3. The molecule has 0 saturated carbocycles. The monoisotopic (exact) mass is 368 g/mol. The molecule has 3 N–H and O–H groups in total. The summed E-state index contributed by atoms with van der Waals surface area (Å²) < 4.78 is 44.9. The van der Waals surface area contributed by atoms with Crippen molar-refractivity contribution >= 4 is 5.69 Å². The van der Waals surface area contributed by atoms with E-state index in [9.17, 15) is 18.0 Å². The first-order valence-electron chi connectivity index (χ1n) is 8.65. The first-order chi connectivity index (χ1) is 12.4. The van der Waals surface area contributed by atoms with Crippen molar-refractivity contribution in [3.05, 3.63) is 34.3 Å². The molecule has 2 saturated heterocycles. The molecule has 2 aliphatic rings. The van der Waals surface area contributed by atoms with Crippen LogP contribution in [-0.2, 0) is 6.18 Å². The quantitative estimate of drug-likeness (QED) is 0.773. The van der Waals surface area contributed by atoms with Crippen LogP contribution >= 0.6 is 0 Å². The number of benzene rings is 1. The number of halogens is 3. The third-order valence-electron chi connectivity index (χ3n) is 5.16. The molecule has 0 amide bonds. The van der Waals surface area contributed by atoms with E-state index in [1.807, 2.05) is 0 Å². The molecule has 3 atom stereocenters. The van der Waals surface area contributed by atoms with E-state index in [1.165, 1.54) is 12.1 Å². The largest absolute Gasteiger partial charge is 0.434 e. The zero-order chi connectivity index (χ0) is 18.3. The van der Waals surface area contributed by atoms with Gasteiger partial charge >= 0.3 is 11.9 Å². The summed E-state index contributed by atoms with van der Waals surface area (Å²) in [6.07, 6.45) is -0.247. The van der Waals surface area contributed by atoms with E-state index in [0.717, 1.165) is 31.7 Å². The number of nitrogens with zero attached hydrogens (tertiary/aromatic N) is 1. The van der Waals surface area contributed by atoms with Gasteiger partial charge in [-0.1, -0.05) is 0 Å². The number of H-pyrrole nitrogens is 1. The van der Waals surface area contributed by atoms with Crippen molar-refractivity contribution in [2.24, 2.45) is 5.92 Å². The Morgan fingerprint density at radius 2 is 1.96 bits per heavy atom. The summed E-state index contributed by atoms with van der Waals surface area (Å²) in [5, 5.41) is 12.3. The number of aromatic nitrogens is 2. The molecule has 2 fully saturated rings. The second kappa shape index (κ2) is 6.46. The van der Waals surface area contributed by atoms with Crippen molar-refractivity contribution < 1.29 is 17.6 Å². The molecule has 26 heavy (non-hydrogen) atoms. The number of nitrogens with one attached hydrogen (secondary N) is 3. The van der Waals surface area contributed by atoms with Gasteiger partial charge in [0, 0.05) is 29.9 Å². The van der Waals surface area contributed by atoms with E-state index in [4.69, 9.17) is 4.42 Å². The van der Waals surface area contributed by atoms with E-state index in [2.05, 4.69) is 20.8 Å². The minimum Gasteiger partial charge on any atom is -0.388 e.